The molecule has 2 aromatic rings. The van der Waals surface area contributed by atoms with Gasteiger partial charge in [-0.25, -0.2) is 4.39 Å². The van der Waals surface area contributed by atoms with Gasteiger partial charge in [-0.05, 0) is 34.5 Å². The van der Waals surface area contributed by atoms with Gasteiger partial charge in [-0.3, -0.25) is 4.68 Å². The Morgan fingerprint density at radius 1 is 1.32 bits per heavy atom. The Hall–Kier alpha value is -0.880. The quantitative estimate of drug-likeness (QED) is 0.779. The van der Waals surface area contributed by atoms with Crippen LogP contribution in [0, 0.1) is 5.82 Å². The molecule has 0 saturated heterocycles. The summed E-state index contributed by atoms with van der Waals surface area (Å²) < 4.78 is 22.2. The smallest absolute Gasteiger partial charge is 0.131 e. The van der Waals surface area contributed by atoms with Crippen LogP contribution in [0.25, 0.3) is 0 Å². The average Bonchev–Trinajstić information content (AvgIpc) is 2.61. The molecule has 0 aliphatic heterocycles. The van der Waals surface area contributed by atoms with Crippen molar-refractivity contribution in [3.63, 3.8) is 0 Å². The van der Waals surface area contributed by atoms with Crippen molar-refractivity contribution in [1.29, 1.82) is 0 Å². The number of hydrogen-bond acceptors (Lipinski definition) is 2. The summed E-state index contributed by atoms with van der Waals surface area (Å²) in [7, 11) is 1.87. The number of aromatic nitrogens is 2. The van der Waals surface area contributed by atoms with E-state index in [0.29, 0.717) is 16.8 Å². The molecule has 0 fully saturated rings. The van der Waals surface area contributed by atoms with E-state index in [2.05, 4.69) is 37.0 Å². The molecule has 1 aromatic heterocycles. The van der Waals surface area contributed by atoms with Gasteiger partial charge in [-0.15, -0.1) is 0 Å². The van der Waals surface area contributed by atoms with Gasteiger partial charge in [0.25, 0.3) is 0 Å². The molecule has 0 aliphatic rings. The summed E-state index contributed by atoms with van der Waals surface area (Å²) in [5.41, 5.74) is 1.92. The molecule has 19 heavy (non-hydrogen) atoms. The number of benzene rings is 1. The summed E-state index contributed by atoms with van der Waals surface area (Å²) in [6, 6.07) is 4.48. The van der Waals surface area contributed by atoms with Gasteiger partial charge in [-0.1, -0.05) is 22.9 Å². The van der Waals surface area contributed by atoms with Crippen molar-refractivity contribution in [3.05, 3.63) is 44.3 Å². The molecule has 0 radical (unpaired) electrons. The van der Waals surface area contributed by atoms with Crippen LogP contribution in [0.1, 0.15) is 18.3 Å². The average molecular weight is 392 g/mol. The van der Waals surface area contributed by atoms with Crippen molar-refractivity contribution < 1.29 is 9.13 Å². The summed E-state index contributed by atoms with van der Waals surface area (Å²) >= 11 is 6.75. The fraction of sp³-hybridized carbons (Fsp3) is 0.308. The Balaban J connectivity index is 2.16. The zero-order valence-electron chi connectivity index (χ0n) is 10.6. The second-order valence-electron chi connectivity index (χ2n) is 4.08. The standard InChI is InChI=1S/C13H13Br2FN2O/c1-3-11-13(15)12(18(2)17-11)7-19-10-5-8(14)4-9(16)6-10/h4-6H,3,7H2,1-2H3. The van der Waals surface area contributed by atoms with Crippen LogP contribution in [-0.4, -0.2) is 9.78 Å². The van der Waals surface area contributed by atoms with E-state index < -0.39 is 0 Å². The topological polar surface area (TPSA) is 27.1 Å². The molecule has 0 aliphatic carbocycles. The molecule has 0 amide bonds. The van der Waals surface area contributed by atoms with E-state index in [9.17, 15) is 4.39 Å². The van der Waals surface area contributed by atoms with Gasteiger partial charge in [0.2, 0.25) is 0 Å². The van der Waals surface area contributed by atoms with Gasteiger partial charge in [0.1, 0.15) is 18.2 Å². The summed E-state index contributed by atoms with van der Waals surface area (Å²) in [6.07, 6.45) is 0.847. The molecule has 1 heterocycles. The molecule has 1 aromatic carbocycles. The summed E-state index contributed by atoms with van der Waals surface area (Å²) in [5, 5.41) is 4.38. The molecule has 102 valence electrons. The van der Waals surface area contributed by atoms with E-state index >= 15 is 0 Å². The molecule has 0 spiro atoms. The third-order valence-corrected chi connectivity index (χ3v) is 4.09. The summed E-state index contributed by atoms with van der Waals surface area (Å²) in [5.74, 6) is 0.153. The minimum atomic E-state index is -0.331. The predicted octanol–water partition coefficient (Wildman–Crippen LogP) is 4.23. The molecular weight excluding hydrogens is 379 g/mol. The molecule has 3 nitrogen and oxygen atoms in total. The van der Waals surface area contributed by atoms with Crippen LogP contribution in [0.4, 0.5) is 4.39 Å². The number of ether oxygens (including phenoxy) is 1. The van der Waals surface area contributed by atoms with Crippen LogP contribution in [-0.2, 0) is 20.1 Å². The molecule has 6 heteroatoms. The van der Waals surface area contributed by atoms with Gasteiger partial charge >= 0.3 is 0 Å². The second kappa shape index (κ2) is 6.05. The molecule has 2 rings (SSSR count). The Bertz CT molecular complexity index is 578. The van der Waals surface area contributed by atoms with E-state index in [-0.39, 0.29) is 5.82 Å². The van der Waals surface area contributed by atoms with Crippen LogP contribution in [0.15, 0.2) is 27.1 Å². The third-order valence-electron chi connectivity index (χ3n) is 2.71. The minimum Gasteiger partial charge on any atom is -0.487 e. The first-order valence-corrected chi connectivity index (χ1v) is 7.39. The highest BCUT2D eigenvalue weighted by atomic mass is 79.9. The number of hydrogen-bond donors (Lipinski definition) is 0. The van der Waals surface area contributed by atoms with Crippen LogP contribution < -0.4 is 4.74 Å². The lowest BCUT2D eigenvalue weighted by atomic mass is 10.3. The van der Waals surface area contributed by atoms with Gasteiger partial charge in [0.05, 0.1) is 15.9 Å². The largest absolute Gasteiger partial charge is 0.487 e. The van der Waals surface area contributed by atoms with Crippen LogP contribution in [0.2, 0.25) is 0 Å². The number of aryl methyl sites for hydroxylation is 2. The van der Waals surface area contributed by atoms with E-state index in [1.807, 2.05) is 14.0 Å². The molecule has 0 N–H and O–H groups in total. The highest BCUT2D eigenvalue weighted by Gasteiger charge is 2.13. The number of rotatable bonds is 4. The summed E-state index contributed by atoms with van der Waals surface area (Å²) in [4.78, 5) is 0. The number of nitrogens with zero attached hydrogens (tertiary/aromatic N) is 2. The maximum atomic E-state index is 13.2. The fourth-order valence-corrected chi connectivity index (χ4v) is 2.92. The zero-order chi connectivity index (χ0) is 14.0. The van der Waals surface area contributed by atoms with Crippen molar-refractivity contribution >= 4 is 31.9 Å². The van der Waals surface area contributed by atoms with Crippen molar-refractivity contribution in [2.45, 2.75) is 20.0 Å². The zero-order valence-corrected chi connectivity index (χ0v) is 13.8. The first kappa shape index (κ1) is 14.5. The molecule has 0 atom stereocenters. The lowest BCUT2D eigenvalue weighted by molar-refractivity contribution is 0.292. The first-order chi connectivity index (χ1) is 9.01. The van der Waals surface area contributed by atoms with Crippen LogP contribution in [0.3, 0.4) is 0 Å². The van der Waals surface area contributed by atoms with Gasteiger partial charge in [0, 0.05) is 17.6 Å². The maximum absolute atomic E-state index is 13.2. The SMILES string of the molecule is CCc1nn(C)c(COc2cc(F)cc(Br)c2)c1Br. The fourth-order valence-electron chi connectivity index (χ4n) is 1.74. The van der Waals surface area contributed by atoms with Crippen LogP contribution in [0.5, 0.6) is 5.75 Å². The predicted molar refractivity (Wildman–Crippen MR) is 78.7 cm³/mol. The van der Waals surface area contributed by atoms with Gasteiger partial charge < -0.3 is 4.74 Å². The number of halogens is 3. The summed E-state index contributed by atoms with van der Waals surface area (Å²) in [6.45, 7) is 2.38. The Labute approximate surface area is 128 Å². The van der Waals surface area contributed by atoms with E-state index in [0.717, 1.165) is 22.3 Å². The minimum absolute atomic E-state index is 0.331. The van der Waals surface area contributed by atoms with Crippen molar-refractivity contribution in [3.8, 4) is 5.75 Å². The maximum Gasteiger partial charge on any atom is 0.131 e. The Morgan fingerprint density at radius 2 is 2.05 bits per heavy atom. The molecule has 0 unspecified atom stereocenters. The third kappa shape index (κ3) is 3.36. The Kier molecular flexibility index (Phi) is 4.62. The van der Waals surface area contributed by atoms with Gasteiger partial charge in [0.15, 0.2) is 0 Å². The van der Waals surface area contributed by atoms with Crippen molar-refractivity contribution in [2.24, 2.45) is 7.05 Å². The lowest BCUT2D eigenvalue weighted by Gasteiger charge is -2.07. The van der Waals surface area contributed by atoms with E-state index in [1.54, 1.807) is 10.7 Å². The lowest BCUT2D eigenvalue weighted by Crippen LogP contribution is -2.03. The first-order valence-electron chi connectivity index (χ1n) is 5.80. The van der Waals surface area contributed by atoms with Crippen LogP contribution >= 0.6 is 31.9 Å². The second-order valence-corrected chi connectivity index (χ2v) is 5.79. The highest BCUT2D eigenvalue weighted by molar-refractivity contribution is 9.10. The molecular formula is C13H13Br2FN2O. The van der Waals surface area contributed by atoms with Crippen molar-refractivity contribution in [1.82, 2.24) is 9.78 Å². The van der Waals surface area contributed by atoms with Crippen molar-refractivity contribution in [2.75, 3.05) is 0 Å². The van der Waals surface area contributed by atoms with Gasteiger partial charge in [-0.2, -0.15) is 5.10 Å². The van der Waals surface area contributed by atoms with E-state index in [1.165, 1.54) is 12.1 Å². The molecule has 0 saturated carbocycles. The molecule has 0 bridgehead atoms. The monoisotopic (exact) mass is 390 g/mol. The van der Waals surface area contributed by atoms with E-state index in [4.69, 9.17) is 4.74 Å². The Morgan fingerprint density at radius 3 is 2.63 bits per heavy atom. The normalized spacial score (nSPS) is 10.8. The highest BCUT2D eigenvalue weighted by Crippen LogP contribution is 2.25.